The topological polar surface area (TPSA) is 58.2 Å². The lowest BCUT2D eigenvalue weighted by Gasteiger charge is -2.33. The molecule has 1 atom stereocenters. The van der Waals surface area contributed by atoms with E-state index in [0.717, 1.165) is 16.8 Å². The van der Waals surface area contributed by atoms with Crippen LogP contribution < -0.4 is 0 Å². The largest absolute Gasteiger partial charge is 0.444 e. The van der Waals surface area contributed by atoms with Crippen LogP contribution in [0.15, 0.2) is 23.0 Å². The van der Waals surface area contributed by atoms with E-state index in [9.17, 15) is 4.79 Å². The fourth-order valence-corrected chi connectivity index (χ4v) is 2.21. The van der Waals surface area contributed by atoms with Gasteiger partial charge in [0.1, 0.15) is 22.1 Å². The molecule has 0 unspecified atom stereocenters. The van der Waals surface area contributed by atoms with Gasteiger partial charge in [-0.3, -0.25) is 4.90 Å². The molecule has 1 aliphatic heterocycles. The lowest BCUT2D eigenvalue weighted by atomic mass is 10.1. The summed E-state index contributed by atoms with van der Waals surface area (Å²) in [5.74, 6) is 0.730. The van der Waals surface area contributed by atoms with Gasteiger partial charge in [0, 0.05) is 6.54 Å². The van der Waals surface area contributed by atoms with E-state index >= 15 is 0 Å². The van der Waals surface area contributed by atoms with Gasteiger partial charge in [-0.25, -0.2) is 9.78 Å². The van der Waals surface area contributed by atoms with Gasteiger partial charge in [0.15, 0.2) is 0 Å². The van der Waals surface area contributed by atoms with E-state index in [4.69, 9.17) is 4.74 Å². The Morgan fingerprint density at radius 1 is 1.58 bits per heavy atom. The number of H-pyrrole nitrogens is 1. The van der Waals surface area contributed by atoms with Gasteiger partial charge in [0.2, 0.25) is 0 Å². The average Bonchev–Trinajstić information content (AvgIpc) is 2.73. The summed E-state index contributed by atoms with van der Waals surface area (Å²) in [6.45, 7) is 6.23. The number of hydrogen-bond donors (Lipinski definition) is 1. The maximum Gasteiger partial charge on any atom is 0.411 e. The zero-order valence-corrected chi connectivity index (χ0v) is 12.9. The lowest BCUT2D eigenvalue weighted by molar-refractivity contribution is 0.0184. The number of carbonyl (C=O) groups is 1. The number of hydrogen-bond acceptors (Lipinski definition) is 3. The van der Waals surface area contributed by atoms with Crippen LogP contribution in [0.25, 0.3) is 0 Å². The fourth-order valence-electron chi connectivity index (χ4n) is 1.91. The normalized spacial score (nSPS) is 19.6. The zero-order chi connectivity index (χ0) is 14.0. The maximum absolute atomic E-state index is 12.2. The van der Waals surface area contributed by atoms with E-state index in [0.29, 0.717) is 6.54 Å². The molecular weight excluding hydrogens is 310 g/mol. The number of amides is 1. The monoisotopic (exact) mass is 327 g/mol. The van der Waals surface area contributed by atoms with Crippen molar-refractivity contribution in [3.8, 4) is 0 Å². The van der Waals surface area contributed by atoms with Gasteiger partial charge >= 0.3 is 6.09 Å². The van der Waals surface area contributed by atoms with Crippen molar-refractivity contribution >= 4 is 22.0 Å². The molecular formula is C13H18BrN3O2. The average molecular weight is 328 g/mol. The quantitative estimate of drug-likeness (QED) is 0.804. The molecule has 1 aliphatic rings. The molecule has 0 saturated carbocycles. The summed E-state index contributed by atoms with van der Waals surface area (Å²) in [5.41, 5.74) is -0.494. The van der Waals surface area contributed by atoms with Gasteiger partial charge in [-0.05, 0) is 43.1 Å². The lowest BCUT2D eigenvalue weighted by Crippen LogP contribution is -2.40. The molecule has 0 spiro atoms. The summed E-state index contributed by atoms with van der Waals surface area (Å²) < 4.78 is 6.23. The van der Waals surface area contributed by atoms with Crippen LogP contribution in [-0.2, 0) is 4.74 Å². The van der Waals surface area contributed by atoms with Crippen LogP contribution in [0.5, 0.6) is 0 Å². The Bertz CT molecular complexity index is 490. The van der Waals surface area contributed by atoms with Gasteiger partial charge in [0.05, 0.1) is 6.20 Å². The standard InChI is InChI=1S/C13H18BrN3O2/c1-13(2,3)19-12(18)17-7-5-4-6-9(17)11-15-8-10(14)16-11/h4,6,8-9H,5,7H2,1-3H3,(H,15,16)/t9-/m0/s1. The molecule has 0 bridgehead atoms. The molecule has 5 nitrogen and oxygen atoms in total. The molecule has 6 heteroatoms. The van der Waals surface area contributed by atoms with Crippen molar-refractivity contribution in [2.24, 2.45) is 0 Å². The van der Waals surface area contributed by atoms with Gasteiger partial charge < -0.3 is 9.72 Å². The Kier molecular flexibility index (Phi) is 3.99. The molecule has 0 radical (unpaired) electrons. The van der Waals surface area contributed by atoms with E-state index in [1.54, 1.807) is 11.1 Å². The van der Waals surface area contributed by atoms with Crippen LogP contribution in [0.1, 0.15) is 39.1 Å². The molecule has 1 aromatic heterocycles. The minimum Gasteiger partial charge on any atom is -0.444 e. The third-order valence-corrected chi connectivity index (χ3v) is 3.07. The van der Waals surface area contributed by atoms with Crippen LogP contribution in [0, 0.1) is 0 Å². The van der Waals surface area contributed by atoms with Gasteiger partial charge in [-0.1, -0.05) is 12.2 Å². The SMILES string of the molecule is CC(C)(C)OC(=O)N1CCC=C[C@H]1c1ncc(Br)[nH]1. The Labute approximate surface area is 121 Å². The first kappa shape index (κ1) is 14.1. The number of halogens is 1. The van der Waals surface area contributed by atoms with Gasteiger partial charge in [0.25, 0.3) is 0 Å². The summed E-state index contributed by atoms with van der Waals surface area (Å²) in [7, 11) is 0. The number of imidazole rings is 1. The second kappa shape index (κ2) is 5.36. The Balaban J connectivity index is 2.18. The highest BCUT2D eigenvalue weighted by Gasteiger charge is 2.30. The predicted molar refractivity (Wildman–Crippen MR) is 75.7 cm³/mol. The second-order valence-electron chi connectivity index (χ2n) is 5.45. The van der Waals surface area contributed by atoms with Gasteiger partial charge in [-0.2, -0.15) is 0 Å². The van der Waals surface area contributed by atoms with E-state index in [-0.39, 0.29) is 12.1 Å². The molecule has 19 heavy (non-hydrogen) atoms. The Morgan fingerprint density at radius 3 is 2.89 bits per heavy atom. The third kappa shape index (κ3) is 3.59. The number of aromatic nitrogens is 2. The summed E-state index contributed by atoms with van der Waals surface area (Å²) in [6.07, 6.45) is 6.23. The molecule has 0 fully saturated rings. The number of ether oxygens (including phenoxy) is 1. The summed E-state index contributed by atoms with van der Waals surface area (Å²) in [5, 5.41) is 0. The summed E-state index contributed by atoms with van der Waals surface area (Å²) in [4.78, 5) is 21.3. The number of nitrogens with zero attached hydrogens (tertiary/aromatic N) is 2. The van der Waals surface area contributed by atoms with Crippen molar-refractivity contribution in [3.63, 3.8) is 0 Å². The fraction of sp³-hybridized carbons (Fsp3) is 0.538. The zero-order valence-electron chi connectivity index (χ0n) is 11.3. The molecule has 1 aromatic rings. The van der Waals surface area contributed by atoms with Crippen LogP contribution in [0.4, 0.5) is 4.79 Å². The van der Waals surface area contributed by atoms with Crippen LogP contribution >= 0.6 is 15.9 Å². The molecule has 0 aliphatic carbocycles. The van der Waals surface area contributed by atoms with E-state index in [1.165, 1.54) is 0 Å². The molecule has 104 valence electrons. The summed E-state index contributed by atoms with van der Waals surface area (Å²) >= 11 is 3.33. The molecule has 0 saturated heterocycles. The first-order chi connectivity index (χ1) is 8.87. The number of nitrogens with one attached hydrogen (secondary N) is 1. The summed E-state index contributed by atoms with van der Waals surface area (Å²) in [6, 6.07) is -0.199. The molecule has 2 heterocycles. The second-order valence-corrected chi connectivity index (χ2v) is 6.31. The van der Waals surface area contributed by atoms with Crippen molar-refractivity contribution in [3.05, 3.63) is 28.8 Å². The van der Waals surface area contributed by atoms with Crippen molar-refractivity contribution in [1.29, 1.82) is 0 Å². The molecule has 1 amide bonds. The first-order valence-corrected chi connectivity index (χ1v) is 7.03. The minimum absolute atomic E-state index is 0.199. The van der Waals surface area contributed by atoms with Gasteiger partial charge in [-0.15, -0.1) is 0 Å². The van der Waals surface area contributed by atoms with Crippen LogP contribution in [-0.4, -0.2) is 33.1 Å². The highest BCUT2D eigenvalue weighted by atomic mass is 79.9. The van der Waals surface area contributed by atoms with Crippen molar-refractivity contribution < 1.29 is 9.53 Å². The molecule has 1 N–H and O–H groups in total. The predicted octanol–water partition coefficient (Wildman–Crippen LogP) is 3.41. The van der Waals surface area contributed by atoms with Crippen molar-refractivity contribution in [2.45, 2.75) is 38.8 Å². The Morgan fingerprint density at radius 2 is 2.32 bits per heavy atom. The van der Waals surface area contributed by atoms with E-state index in [1.807, 2.05) is 26.8 Å². The van der Waals surface area contributed by atoms with Crippen molar-refractivity contribution in [2.75, 3.05) is 6.54 Å². The third-order valence-electron chi connectivity index (χ3n) is 2.66. The van der Waals surface area contributed by atoms with Crippen LogP contribution in [0.3, 0.4) is 0 Å². The highest BCUT2D eigenvalue weighted by Crippen LogP contribution is 2.26. The minimum atomic E-state index is -0.494. The number of carbonyl (C=O) groups excluding carboxylic acids is 1. The Hall–Kier alpha value is -1.30. The van der Waals surface area contributed by atoms with E-state index in [2.05, 4.69) is 32.0 Å². The molecule has 2 rings (SSSR count). The maximum atomic E-state index is 12.2. The smallest absolute Gasteiger partial charge is 0.411 e. The van der Waals surface area contributed by atoms with E-state index < -0.39 is 5.60 Å². The number of rotatable bonds is 1. The molecule has 0 aromatic carbocycles. The number of aromatic amines is 1. The van der Waals surface area contributed by atoms with Crippen LogP contribution in [0.2, 0.25) is 0 Å². The van der Waals surface area contributed by atoms with Crippen molar-refractivity contribution in [1.82, 2.24) is 14.9 Å². The first-order valence-electron chi connectivity index (χ1n) is 6.23. The highest BCUT2D eigenvalue weighted by molar-refractivity contribution is 9.10.